The Hall–Kier alpha value is -2.91. The van der Waals surface area contributed by atoms with E-state index in [-0.39, 0.29) is 0 Å². The number of halogens is 1. The third kappa shape index (κ3) is 4.93. The molecule has 0 atom stereocenters. The highest BCUT2D eigenvalue weighted by Gasteiger charge is 2.12. The number of thioether (sulfide) groups is 1. The number of aromatic nitrogens is 3. The van der Waals surface area contributed by atoms with Crippen LogP contribution in [0.25, 0.3) is 0 Å². The number of hydrazone groups is 1. The van der Waals surface area contributed by atoms with E-state index in [0.29, 0.717) is 33.4 Å². The first-order valence-corrected chi connectivity index (χ1v) is 9.99. The number of benzene rings is 2. The Bertz CT molecular complexity index is 1020. The summed E-state index contributed by atoms with van der Waals surface area (Å²) < 4.78 is 11.9. The highest BCUT2D eigenvalue weighted by molar-refractivity contribution is 7.98. The van der Waals surface area contributed by atoms with E-state index < -0.39 is 0 Å². The monoisotopic (exact) mass is 432 g/mol. The van der Waals surface area contributed by atoms with E-state index in [2.05, 4.69) is 20.7 Å². The van der Waals surface area contributed by atoms with E-state index in [1.54, 1.807) is 14.2 Å². The summed E-state index contributed by atoms with van der Waals surface area (Å²) in [6.45, 7) is 1.86. The molecule has 1 aromatic heterocycles. The minimum absolute atomic E-state index is 0.325. The quantitative estimate of drug-likeness (QED) is 0.242. The number of methoxy groups -OCH3 is 2. The molecule has 0 amide bonds. The fourth-order valence-electron chi connectivity index (χ4n) is 2.47. The molecule has 0 saturated carbocycles. The molecule has 29 heavy (non-hydrogen) atoms. The summed E-state index contributed by atoms with van der Waals surface area (Å²) in [6.07, 6.45) is 0. The standard InChI is InChI=1S/C19H21ClN6O2S/c1-12(13-8-9-16(27-2)17(10-13)28-3)22-23-18-24-25-19(26(18)21)29-11-14-6-4-5-7-15(14)20/h4-10H,11,21H2,1-3H3,(H,23,24)/b22-12+. The smallest absolute Gasteiger partial charge is 0.264 e. The van der Waals surface area contributed by atoms with Crippen LogP contribution >= 0.6 is 23.4 Å². The Morgan fingerprint density at radius 3 is 2.66 bits per heavy atom. The van der Waals surface area contributed by atoms with Gasteiger partial charge in [-0.05, 0) is 36.8 Å². The Kier molecular flexibility index (Phi) is 6.84. The van der Waals surface area contributed by atoms with Gasteiger partial charge in [-0.15, -0.1) is 10.2 Å². The summed E-state index contributed by atoms with van der Waals surface area (Å²) in [5.74, 6) is 8.31. The van der Waals surface area contributed by atoms with Crippen LogP contribution in [0.5, 0.6) is 11.5 Å². The maximum absolute atomic E-state index is 6.18. The van der Waals surface area contributed by atoms with Crippen molar-refractivity contribution in [2.45, 2.75) is 17.8 Å². The van der Waals surface area contributed by atoms with E-state index in [4.69, 9.17) is 26.9 Å². The fourth-order valence-corrected chi connectivity index (χ4v) is 3.61. The first-order chi connectivity index (χ1) is 14.0. The molecule has 0 aliphatic carbocycles. The molecule has 2 aromatic carbocycles. The summed E-state index contributed by atoms with van der Waals surface area (Å²) in [5, 5.41) is 13.7. The highest BCUT2D eigenvalue weighted by Crippen LogP contribution is 2.28. The molecule has 0 bridgehead atoms. The van der Waals surface area contributed by atoms with Gasteiger partial charge in [0.1, 0.15) is 0 Å². The Morgan fingerprint density at radius 1 is 1.17 bits per heavy atom. The number of hydrogen-bond donors (Lipinski definition) is 2. The van der Waals surface area contributed by atoms with Gasteiger partial charge in [0.25, 0.3) is 5.95 Å². The maximum Gasteiger partial charge on any atom is 0.264 e. The molecule has 0 aliphatic heterocycles. The summed E-state index contributed by atoms with van der Waals surface area (Å²) in [7, 11) is 3.18. The molecule has 0 saturated heterocycles. The first kappa shape index (κ1) is 20.8. The molecule has 152 valence electrons. The molecule has 3 aromatic rings. The van der Waals surface area contributed by atoms with Crippen molar-refractivity contribution in [2.75, 3.05) is 25.5 Å². The third-order valence-electron chi connectivity index (χ3n) is 4.10. The minimum Gasteiger partial charge on any atom is -0.493 e. The van der Waals surface area contributed by atoms with Gasteiger partial charge < -0.3 is 15.3 Å². The lowest BCUT2D eigenvalue weighted by molar-refractivity contribution is 0.355. The Morgan fingerprint density at radius 2 is 1.93 bits per heavy atom. The predicted molar refractivity (Wildman–Crippen MR) is 117 cm³/mol. The van der Waals surface area contributed by atoms with Crippen LogP contribution in [0, 0.1) is 0 Å². The van der Waals surface area contributed by atoms with Crippen molar-refractivity contribution >= 4 is 35.0 Å². The van der Waals surface area contributed by atoms with Crippen LogP contribution in [0.1, 0.15) is 18.1 Å². The van der Waals surface area contributed by atoms with Gasteiger partial charge in [0.15, 0.2) is 11.5 Å². The second-order valence-electron chi connectivity index (χ2n) is 5.94. The largest absolute Gasteiger partial charge is 0.493 e. The lowest BCUT2D eigenvalue weighted by atomic mass is 10.1. The molecule has 0 aliphatic rings. The van der Waals surface area contributed by atoms with Crippen LogP contribution in [0.4, 0.5) is 5.95 Å². The van der Waals surface area contributed by atoms with Crippen LogP contribution in [0.2, 0.25) is 5.02 Å². The zero-order valence-corrected chi connectivity index (χ0v) is 17.8. The van der Waals surface area contributed by atoms with Gasteiger partial charge in [-0.3, -0.25) is 0 Å². The summed E-state index contributed by atoms with van der Waals surface area (Å²) in [4.78, 5) is 0. The average molecular weight is 433 g/mol. The van der Waals surface area contributed by atoms with Gasteiger partial charge in [-0.1, -0.05) is 41.6 Å². The normalized spacial score (nSPS) is 11.4. The van der Waals surface area contributed by atoms with Crippen molar-refractivity contribution in [3.8, 4) is 11.5 Å². The number of hydrogen-bond acceptors (Lipinski definition) is 8. The summed E-state index contributed by atoms with van der Waals surface area (Å²) in [6, 6.07) is 13.2. The number of nitrogen functional groups attached to an aromatic ring is 1. The lowest BCUT2D eigenvalue weighted by Gasteiger charge is -2.09. The van der Waals surface area contributed by atoms with Crippen molar-refractivity contribution in [3.05, 3.63) is 58.6 Å². The molecular weight excluding hydrogens is 412 g/mol. The van der Waals surface area contributed by atoms with Gasteiger partial charge in [0.05, 0.1) is 19.9 Å². The molecule has 0 radical (unpaired) electrons. The number of anilines is 1. The maximum atomic E-state index is 6.18. The molecular formula is C19H21ClN6O2S. The molecule has 0 unspecified atom stereocenters. The van der Waals surface area contributed by atoms with Crippen LogP contribution in [-0.2, 0) is 5.75 Å². The Labute approximate surface area is 178 Å². The average Bonchev–Trinajstić information content (AvgIpc) is 3.10. The van der Waals surface area contributed by atoms with Crippen molar-refractivity contribution in [1.82, 2.24) is 14.9 Å². The van der Waals surface area contributed by atoms with Crippen LogP contribution in [0.15, 0.2) is 52.7 Å². The topological polar surface area (TPSA) is 99.6 Å². The van der Waals surface area contributed by atoms with Gasteiger partial charge >= 0.3 is 0 Å². The first-order valence-electron chi connectivity index (χ1n) is 8.63. The number of ether oxygens (including phenoxy) is 2. The number of nitrogens with zero attached hydrogens (tertiary/aromatic N) is 4. The van der Waals surface area contributed by atoms with Gasteiger partial charge in [-0.2, -0.15) is 5.10 Å². The fraction of sp³-hybridized carbons (Fsp3) is 0.211. The number of nitrogens with two attached hydrogens (primary N) is 1. The number of nitrogens with one attached hydrogen (secondary N) is 1. The molecule has 0 fully saturated rings. The van der Waals surface area contributed by atoms with E-state index in [0.717, 1.165) is 16.8 Å². The number of rotatable bonds is 8. The van der Waals surface area contributed by atoms with Crippen molar-refractivity contribution in [1.29, 1.82) is 0 Å². The van der Waals surface area contributed by atoms with Crippen LogP contribution < -0.4 is 20.7 Å². The van der Waals surface area contributed by atoms with Crippen molar-refractivity contribution in [2.24, 2.45) is 5.10 Å². The summed E-state index contributed by atoms with van der Waals surface area (Å²) >= 11 is 7.62. The molecule has 3 rings (SSSR count). The Balaban J connectivity index is 1.68. The summed E-state index contributed by atoms with van der Waals surface area (Å²) in [5.41, 5.74) is 5.44. The second kappa shape index (κ2) is 9.53. The van der Waals surface area contributed by atoms with Crippen molar-refractivity contribution < 1.29 is 9.47 Å². The zero-order valence-electron chi connectivity index (χ0n) is 16.2. The zero-order chi connectivity index (χ0) is 20.8. The van der Waals surface area contributed by atoms with Crippen molar-refractivity contribution in [3.63, 3.8) is 0 Å². The van der Waals surface area contributed by atoms with E-state index in [9.17, 15) is 0 Å². The lowest BCUT2D eigenvalue weighted by Crippen LogP contribution is -2.14. The SMILES string of the molecule is COc1ccc(/C(C)=N/Nc2nnc(SCc3ccccc3Cl)n2N)cc1OC. The highest BCUT2D eigenvalue weighted by atomic mass is 35.5. The molecule has 10 heteroatoms. The van der Waals surface area contributed by atoms with E-state index in [1.807, 2.05) is 49.4 Å². The predicted octanol–water partition coefficient (Wildman–Crippen LogP) is 3.79. The van der Waals surface area contributed by atoms with Gasteiger partial charge in [0, 0.05) is 16.3 Å². The molecule has 3 N–H and O–H groups in total. The van der Waals surface area contributed by atoms with Gasteiger partial charge in [-0.25, -0.2) is 10.1 Å². The molecule has 0 spiro atoms. The second-order valence-corrected chi connectivity index (χ2v) is 7.28. The van der Waals surface area contributed by atoms with E-state index >= 15 is 0 Å². The van der Waals surface area contributed by atoms with Crippen LogP contribution in [0.3, 0.4) is 0 Å². The minimum atomic E-state index is 0.325. The van der Waals surface area contributed by atoms with Crippen LogP contribution in [-0.4, -0.2) is 34.8 Å². The molecule has 1 heterocycles. The van der Waals surface area contributed by atoms with Gasteiger partial charge in [0.2, 0.25) is 5.16 Å². The third-order valence-corrected chi connectivity index (χ3v) is 5.46. The van der Waals surface area contributed by atoms with E-state index in [1.165, 1.54) is 16.4 Å². The molecule has 8 nitrogen and oxygen atoms in total.